The Morgan fingerprint density at radius 1 is 1.40 bits per heavy atom. The summed E-state index contributed by atoms with van der Waals surface area (Å²) in [7, 11) is 1.38. The molecule has 1 aliphatic carbocycles. The summed E-state index contributed by atoms with van der Waals surface area (Å²) in [6.45, 7) is 2.19. The van der Waals surface area contributed by atoms with Crippen LogP contribution in [0.1, 0.15) is 50.9 Å². The van der Waals surface area contributed by atoms with Crippen molar-refractivity contribution in [3.05, 3.63) is 50.3 Å². The van der Waals surface area contributed by atoms with Gasteiger partial charge in [-0.3, -0.25) is 4.79 Å². The first-order chi connectivity index (χ1) is 12.0. The largest absolute Gasteiger partial charge is 0.465 e. The fourth-order valence-electron chi connectivity index (χ4n) is 3.21. The highest BCUT2D eigenvalue weighted by molar-refractivity contribution is 9.10. The Bertz CT molecular complexity index is 815. The number of thiophene rings is 1. The summed E-state index contributed by atoms with van der Waals surface area (Å²) in [4.78, 5) is 26.1. The van der Waals surface area contributed by atoms with E-state index in [2.05, 4.69) is 28.2 Å². The normalized spacial score (nSPS) is 16.2. The summed E-state index contributed by atoms with van der Waals surface area (Å²) in [5.41, 5.74) is 2.12. The number of benzene rings is 1. The van der Waals surface area contributed by atoms with Crippen molar-refractivity contribution < 1.29 is 14.3 Å². The topological polar surface area (TPSA) is 55.4 Å². The van der Waals surface area contributed by atoms with Gasteiger partial charge in [-0.1, -0.05) is 35.3 Å². The Morgan fingerprint density at radius 2 is 2.20 bits per heavy atom. The Kier molecular flexibility index (Phi) is 5.59. The number of carbonyl (C=O) groups excluding carboxylic acids is 2. The Labute approximate surface area is 159 Å². The molecule has 1 atom stereocenters. The van der Waals surface area contributed by atoms with Crippen LogP contribution in [0.25, 0.3) is 0 Å². The average molecular weight is 422 g/mol. The fraction of sp³-hybridized carbons (Fsp3) is 0.368. The highest BCUT2D eigenvalue weighted by atomic mass is 79.9. The van der Waals surface area contributed by atoms with Crippen LogP contribution in [0.2, 0.25) is 0 Å². The average Bonchev–Trinajstić information content (AvgIpc) is 2.97. The second-order valence-electron chi connectivity index (χ2n) is 6.18. The van der Waals surface area contributed by atoms with Gasteiger partial charge in [0.25, 0.3) is 5.91 Å². The lowest BCUT2D eigenvalue weighted by molar-refractivity contribution is 0.0601. The summed E-state index contributed by atoms with van der Waals surface area (Å²) < 4.78 is 5.81. The Morgan fingerprint density at radius 3 is 2.88 bits per heavy atom. The second kappa shape index (κ2) is 7.70. The van der Waals surface area contributed by atoms with Gasteiger partial charge in [0, 0.05) is 14.9 Å². The maximum atomic E-state index is 12.6. The third kappa shape index (κ3) is 3.80. The van der Waals surface area contributed by atoms with E-state index in [0.29, 0.717) is 22.0 Å². The van der Waals surface area contributed by atoms with Crippen LogP contribution in [0, 0.1) is 5.92 Å². The molecule has 1 heterocycles. The lowest BCUT2D eigenvalue weighted by Crippen LogP contribution is -2.16. The molecule has 25 heavy (non-hydrogen) atoms. The van der Waals surface area contributed by atoms with Gasteiger partial charge < -0.3 is 10.1 Å². The van der Waals surface area contributed by atoms with Gasteiger partial charge in [-0.2, -0.15) is 0 Å². The molecular weight excluding hydrogens is 402 g/mol. The molecule has 1 N–H and O–H groups in total. The molecule has 6 heteroatoms. The molecule has 0 fully saturated rings. The molecule has 0 radical (unpaired) electrons. The van der Waals surface area contributed by atoms with Gasteiger partial charge in [-0.25, -0.2) is 4.79 Å². The number of methoxy groups -OCH3 is 1. The molecule has 4 nitrogen and oxygen atoms in total. The number of hydrogen-bond acceptors (Lipinski definition) is 4. The quantitative estimate of drug-likeness (QED) is 0.701. The molecule has 2 aromatic rings. The number of hydrogen-bond donors (Lipinski definition) is 1. The van der Waals surface area contributed by atoms with E-state index < -0.39 is 0 Å². The molecule has 1 unspecified atom stereocenters. The van der Waals surface area contributed by atoms with Gasteiger partial charge >= 0.3 is 5.97 Å². The number of esters is 1. The van der Waals surface area contributed by atoms with Gasteiger partial charge in [-0.05, 0) is 48.9 Å². The van der Waals surface area contributed by atoms with E-state index >= 15 is 0 Å². The highest BCUT2D eigenvalue weighted by Crippen LogP contribution is 2.41. The van der Waals surface area contributed by atoms with Gasteiger partial charge in [0.2, 0.25) is 0 Å². The number of rotatable bonds is 4. The van der Waals surface area contributed by atoms with E-state index in [0.717, 1.165) is 35.7 Å². The minimum atomic E-state index is -0.378. The number of carbonyl (C=O) groups is 2. The summed E-state index contributed by atoms with van der Waals surface area (Å²) in [6, 6.07) is 7.18. The number of halogens is 1. The summed E-state index contributed by atoms with van der Waals surface area (Å²) in [5, 5.41) is 3.51. The lowest BCUT2D eigenvalue weighted by Gasteiger charge is -2.20. The molecule has 0 spiro atoms. The van der Waals surface area contributed by atoms with Crippen LogP contribution in [-0.2, 0) is 17.6 Å². The first-order valence-corrected chi connectivity index (χ1v) is 9.94. The van der Waals surface area contributed by atoms with Crippen molar-refractivity contribution in [3.63, 3.8) is 0 Å². The second-order valence-corrected chi connectivity index (χ2v) is 8.20. The number of nitrogens with one attached hydrogen (secondary N) is 1. The standard InChI is InChI=1S/C19H20BrNO3S/c1-3-11-7-8-14-15(9-11)25-18(16(14)19(23)24-2)21-17(22)12-5-4-6-13(20)10-12/h4-6,10-11H,3,7-9H2,1-2H3,(H,21,22). The van der Waals surface area contributed by atoms with E-state index in [1.807, 2.05) is 12.1 Å². The zero-order valence-electron chi connectivity index (χ0n) is 14.2. The third-order valence-corrected chi connectivity index (χ3v) is 6.31. The minimum Gasteiger partial charge on any atom is -0.465 e. The fourth-order valence-corrected chi connectivity index (χ4v) is 4.96. The van der Waals surface area contributed by atoms with Crippen molar-refractivity contribution >= 4 is 44.1 Å². The van der Waals surface area contributed by atoms with Gasteiger partial charge in [0.05, 0.1) is 12.7 Å². The zero-order valence-corrected chi connectivity index (χ0v) is 16.6. The highest BCUT2D eigenvalue weighted by Gasteiger charge is 2.29. The molecule has 132 valence electrons. The van der Waals surface area contributed by atoms with Crippen LogP contribution in [0.15, 0.2) is 28.7 Å². The summed E-state index contributed by atoms with van der Waals surface area (Å²) in [6.07, 6.45) is 4.03. The van der Waals surface area contributed by atoms with E-state index in [1.165, 1.54) is 23.3 Å². The predicted octanol–water partition coefficient (Wildman–Crippen LogP) is 5.06. The first kappa shape index (κ1) is 18.1. The maximum Gasteiger partial charge on any atom is 0.341 e. The van der Waals surface area contributed by atoms with Crippen LogP contribution >= 0.6 is 27.3 Å². The Hall–Kier alpha value is -1.66. The van der Waals surface area contributed by atoms with Crippen molar-refractivity contribution in [2.45, 2.75) is 32.6 Å². The van der Waals surface area contributed by atoms with Crippen molar-refractivity contribution in [2.24, 2.45) is 5.92 Å². The SMILES string of the molecule is CCC1CCc2c(sc(NC(=O)c3cccc(Br)c3)c2C(=O)OC)C1. The van der Waals surface area contributed by atoms with Crippen molar-refractivity contribution in [1.82, 2.24) is 0 Å². The van der Waals surface area contributed by atoms with E-state index in [4.69, 9.17) is 4.74 Å². The molecular formula is C19H20BrNO3S. The summed E-state index contributed by atoms with van der Waals surface area (Å²) in [5.74, 6) is 0.0411. The molecule has 1 aromatic carbocycles. The lowest BCUT2D eigenvalue weighted by atomic mass is 9.85. The van der Waals surface area contributed by atoms with E-state index in [9.17, 15) is 9.59 Å². The molecule has 1 aromatic heterocycles. The van der Waals surface area contributed by atoms with E-state index in [1.54, 1.807) is 12.1 Å². The smallest absolute Gasteiger partial charge is 0.341 e. The molecule has 3 rings (SSSR count). The number of ether oxygens (including phenoxy) is 1. The monoisotopic (exact) mass is 421 g/mol. The van der Waals surface area contributed by atoms with Crippen LogP contribution in [0.5, 0.6) is 0 Å². The number of fused-ring (bicyclic) bond motifs is 1. The first-order valence-electron chi connectivity index (χ1n) is 8.33. The third-order valence-electron chi connectivity index (χ3n) is 4.65. The van der Waals surface area contributed by atoms with E-state index in [-0.39, 0.29) is 11.9 Å². The van der Waals surface area contributed by atoms with Crippen molar-refractivity contribution in [1.29, 1.82) is 0 Å². The molecule has 0 bridgehead atoms. The number of amides is 1. The van der Waals surface area contributed by atoms with Crippen LogP contribution in [0.3, 0.4) is 0 Å². The van der Waals surface area contributed by atoms with Gasteiger partial charge in [0.15, 0.2) is 0 Å². The van der Waals surface area contributed by atoms with Crippen molar-refractivity contribution in [2.75, 3.05) is 12.4 Å². The zero-order chi connectivity index (χ0) is 18.0. The molecule has 0 aliphatic heterocycles. The number of anilines is 1. The minimum absolute atomic E-state index is 0.225. The van der Waals surface area contributed by atoms with Crippen molar-refractivity contribution in [3.8, 4) is 0 Å². The maximum absolute atomic E-state index is 12.6. The molecule has 1 amide bonds. The molecule has 0 saturated carbocycles. The van der Waals surface area contributed by atoms with Gasteiger partial charge in [0.1, 0.15) is 5.00 Å². The van der Waals surface area contributed by atoms with Gasteiger partial charge in [-0.15, -0.1) is 11.3 Å². The van der Waals surface area contributed by atoms with Crippen LogP contribution in [-0.4, -0.2) is 19.0 Å². The predicted molar refractivity (Wildman–Crippen MR) is 104 cm³/mol. The molecule has 1 aliphatic rings. The Balaban J connectivity index is 1.94. The summed E-state index contributed by atoms with van der Waals surface area (Å²) >= 11 is 4.88. The van der Waals surface area contributed by atoms with Crippen LogP contribution in [0.4, 0.5) is 5.00 Å². The molecule has 0 saturated heterocycles. The van der Waals surface area contributed by atoms with Crippen LogP contribution < -0.4 is 5.32 Å².